The minimum absolute atomic E-state index is 0.0535. The van der Waals surface area contributed by atoms with Crippen molar-refractivity contribution in [1.82, 2.24) is 5.32 Å². The summed E-state index contributed by atoms with van der Waals surface area (Å²) in [5.74, 6) is -0.206. The highest BCUT2D eigenvalue weighted by molar-refractivity contribution is 6.42. The van der Waals surface area contributed by atoms with Gasteiger partial charge in [-0.2, -0.15) is 0 Å². The summed E-state index contributed by atoms with van der Waals surface area (Å²) >= 11 is 11.6. The molecule has 1 atom stereocenters. The van der Waals surface area contributed by atoms with Gasteiger partial charge in [0.2, 0.25) is 5.91 Å². The fourth-order valence-electron chi connectivity index (χ4n) is 1.34. The number of hydrogen-bond acceptors (Lipinski definition) is 2. The van der Waals surface area contributed by atoms with Crippen LogP contribution in [0, 0.1) is 0 Å². The normalized spacial score (nSPS) is 12.7. The van der Waals surface area contributed by atoms with Gasteiger partial charge in [0.25, 0.3) is 0 Å². The molecule has 0 aliphatic rings. The molecule has 3 nitrogen and oxygen atoms in total. The van der Waals surface area contributed by atoms with Gasteiger partial charge in [-0.25, -0.2) is 0 Å². The zero-order valence-electron chi connectivity index (χ0n) is 9.99. The van der Waals surface area contributed by atoms with Crippen LogP contribution < -0.4 is 5.32 Å². The molecule has 0 radical (unpaired) electrons. The molecule has 0 aliphatic heterocycles. The Morgan fingerprint density at radius 2 is 2.17 bits per heavy atom. The van der Waals surface area contributed by atoms with Crippen molar-refractivity contribution in [2.45, 2.75) is 19.4 Å². The van der Waals surface area contributed by atoms with Crippen molar-refractivity contribution in [3.63, 3.8) is 0 Å². The molecule has 0 aliphatic carbocycles. The van der Waals surface area contributed by atoms with Crippen LogP contribution in [0.3, 0.4) is 0 Å². The number of nitrogens with one attached hydrogen (secondary N) is 1. The van der Waals surface area contributed by atoms with E-state index in [2.05, 4.69) is 5.32 Å². The van der Waals surface area contributed by atoms with Gasteiger partial charge in [0, 0.05) is 18.7 Å². The molecule has 98 valence electrons. The average molecular weight is 288 g/mol. The molecule has 0 bridgehead atoms. The molecule has 1 rings (SSSR count). The summed E-state index contributed by atoms with van der Waals surface area (Å²) in [4.78, 5) is 11.5. The largest absolute Gasteiger partial charge is 0.396 e. The molecule has 1 aromatic rings. The van der Waals surface area contributed by atoms with Crippen LogP contribution in [-0.2, 0) is 4.79 Å². The van der Waals surface area contributed by atoms with Crippen molar-refractivity contribution in [2.75, 3.05) is 6.61 Å². The van der Waals surface area contributed by atoms with E-state index < -0.39 is 0 Å². The Balaban J connectivity index is 2.58. The van der Waals surface area contributed by atoms with Crippen LogP contribution in [-0.4, -0.2) is 23.7 Å². The molecule has 1 aromatic carbocycles. The lowest BCUT2D eigenvalue weighted by molar-refractivity contribution is -0.117. The van der Waals surface area contributed by atoms with E-state index in [0.717, 1.165) is 5.56 Å². The van der Waals surface area contributed by atoms with Crippen molar-refractivity contribution in [3.05, 3.63) is 39.9 Å². The summed E-state index contributed by atoms with van der Waals surface area (Å²) in [6.45, 7) is 1.89. The van der Waals surface area contributed by atoms with E-state index in [1.807, 2.05) is 6.92 Å². The zero-order valence-corrected chi connectivity index (χ0v) is 11.5. The number of aliphatic hydroxyl groups is 1. The summed E-state index contributed by atoms with van der Waals surface area (Å²) in [5, 5.41) is 12.4. The number of amides is 1. The zero-order chi connectivity index (χ0) is 13.5. The van der Waals surface area contributed by atoms with E-state index in [-0.39, 0.29) is 18.6 Å². The fraction of sp³-hybridized carbons (Fsp3) is 0.308. The van der Waals surface area contributed by atoms with Crippen LogP contribution in [0.15, 0.2) is 24.3 Å². The van der Waals surface area contributed by atoms with Crippen LogP contribution >= 0.6 is 23.2 Å². The van der Waals surface area contributed by atoms with Gasteiger partial charge in [-0.3, -0.25) is 4.79 Å². The Labute approximate surface area is 116 Å². The van der Waals surface area contributed by atoms with Crippen LogP contribution in [0.2, 0.25) is 10.0 Å². The maximum absolute atomic E-state index is 11.5. The van der Waals surface area contributed by atoms with Crippen molar-refractivity contribution >= 4 is 35.2 Å². The molecule has 1 unspecified atom stereocenters. The van der Waals surface area contributed by atoms with Gasteiger partial charge in [0.1, 0.15) is 0 Å². The molecular weight excluding hydrogens is 273 g/mol. The van der Waals surface area contributed by atoms with Gasteiger partial charge in [-0.1, -0.05) is 29.3 Å². The van der Waals surface area contributed by atoms with Gasteiger partial charge >= 0.3 is 0 Å². The molecule has 0 saturated heterocycles. The predicted octanol–water partition coefficient (Wildman–Crippen LogP) is 2.89. The Kier molecular flexibility index (Phi) is 6.19. The average Bonchev–Trinajstić information content (AvgIpc) is 2.31. The highest BCUT2D eigenvalue weighted by Gasteiger charge is 2.03. The quantitative estimate of drug-likeness (QED) is 0.818. The molecule has 2 N–H and O–H groups in total. The Morgan fingerprint density at radius 3 is 2.78 bits per heavy atom. The van der Waals surface area contributed by atoms with E-state index in [1.165, 1.54) is 6.08 Å². The summed E-state index contributed by atoms with van der Waals surface area (Å²) in [7, 11) is 0. The molecule has 0 fully saturated rings. The minimum Gasteiger partial charge on any atom is -0.396 e. The van der Waals surface area contributed by atoms with Crippen LogP contribution in [0.4, 0.5) is 0 Å². The Bertz CT molecular complexity index is 447. The van der Waals surface area contributed by atoms with E-state index in [4.69, 9.17) is 28.3 Å². The summed E-state index contributed by atoms with van der Waals surface area (Å²) in [5.41, 5.74) is 0.800. The monoisotopic (exact) mass is 287 g/mol. The Hall–Kier alpha value is -1.03. The number of benzene rings is 1. The molecule has 0 spiro atoms. The molecule has 1 amide bonds. The number of rotatable bonds is 5. The second-order valence-electron chi connectivity index (χ2n) is 3.93. The first-order valence-electron chi connectivity index (χ1n) is 5.57. The third kappa shape index (κ3) is 5.08. The maximum Gasteiger partial charge on any atom is 0.244 e. The predicted molar refractivity (Wildman–Crippen MR) is 74.8 cm³/mol. The number of halogens is 2. The maximum atomic E-state index is 11.5. The van der Waals surface area contributed by atoms with Gasteiger partial charge in [-0.05, 0) is 37.1 Å². The summed E-state index contributed by atoms with van der Waals surface area (Å²) in [6, 6.07) is 5.08. The second kappa shape index (κ2) is 7.41. The van der Waals surface area contributed by atoms with E-state index in [1.54, 1.807) is 24.3 Å². The molecule has 0 aromatic heterocycles. The van der Waals surface area contributed by atoms with Gasteiger partial charge in [0.05, 0.1) is 10.0 Å². The highest BCUT2D eigenvalue weighted by atomic mass is 35.5. The molecular formula is C13H15Cl2NO2. The lowest BCUT2D eigenvalue weighted by atomic mass is 10.2. The third-order valence-corrected chi connectivity index (χ3v) is 3.06. The lowest BCUT2D eigenvalue weighted by Crippen LogP contribution is -2.31. The van der Waals surface area contributed by atoms with Crippen molar-refractivity contribution in [3.8, 4) is 0 Å². The lowest BCUT2D eigenvalue weighted by Gasteiger charge is -2.09. The van der Waals surface area contributed by atoms with Crippen LogP contribution in [0.25, 0.3) is 6.08 Å². The second-order valence-corrected chi connectivity index (χ2v) is 4.74. The van der Waals surface area contributed by atoms with Gasteiger partial charge in [-0.15, -0.1) is 0 Å². The van der Waals surface area contributed by atoms with Crippen LogP contribution in [0.1, 0.15) is 18.9 Å². The van der Waals surface area contributed by atoms with Gasteiger partial charge in [0.15, 0.2) is 0 Å². The van der Waals surface area contributed by atoms with Gasteiger partial charge < -0.3 is 10.4 Å². The Morgan fingerprint density at radius 1 is 1.44 bits per heavy atom. The first-order chi connectivity index (χ1) is 8.52. The van der Waals surface area contributed by atoms with E-state index in [0.29, 0.717) is 16.5 Å². The first-order valence-corrected chi connectivity index (χ1v) is 6.33. The molecule has 0 saturated carbocycles. The fourth-order valence-corrected chi connectivity index (χ4v) is 1.65. The highest BCUT2D eigenvalue weighted by Crippen LogP contribution is 2.22. The first kappa shape index (κ1) is 15.0. The van der Waals surface area contributed by atoms with E-state index >= 15 is 0 Å². The van der Waals surface area contributed by atoms with Crippen molar-refractivity contribution in [1.29, 1.82) is 0 Å². The molecule has 18 heavy (non-hydrogen) atoms. The van der Waals surface area contributed by atoms with Crippen LogP contribution in [0.5, 0.6) is 0 Å². The molecule has 0 heterocycles. The smallest absolute Gasteiger partial charge is 0.244 e. The van der Waals surface area contributed by atoms with Crippen molar-refractivity contribution < 1.29 is 9.90 Å². The number of hydrogen-bond donors (Lipinski definition) is 2. The van der Waals surface area contributed by atoms with E-state index in [9.17, 15) is 4.79 Å². The standard InChI is InChI=1S/C13H15Cl2NO2/c1-9(6-7-17)16-13(18)5-3-10-2-4-11(14)12(15)8-10/h2-5,8-9,17H,6-7H2,1H3,(H,16,18)/b5-3+. The SMILES string of the molecule is CC(CCO)NC(=O)/C=C/c1ccc(Cl)c(Cl)c1. The topological polar surface area (TPSA) is 49.3 Å². The minimum atomic E-state index is -0.206. The molecule has 5 heteroatoms. The summed E-state index contributed by atoms with van der Waals surface area (Å²) in [6.07, 6.45) is 3.61. The number of carbonyl (C=O) groups excluding carboxylic acids is 1. The van der Waals surface area contributed by atoms with Crippen molar-refractivity contribution in [2.24, 2.45) is 0 Å². The summed E-state index contributed by atoms with van der Waals surface area (Å²) < 4.78 is 0. The number of carbonyl (C=O) groups is 1. The number of aliphatic hydroxyl groups excluding tert-OH is 1. The third-order valence-electron chi connectivity index (χ3n) is 2.32.